The van der Waals surface area contributed by atoms with Gasteiger partial charge in [0.2, 0.25) is 0 Å². The van der Waals surface area contributed by atoms with Crippen LogP contribution >= 0.6 is 22.7 Å². The molecule has 0 aliphatic carbocycles. The SMILES string of the molecule is CC(C)(c1c(-c2ccc(F)cc2)c(-n2c3ccccc3c3c4sc5ccccc5c4ccc32)cc(-n2c3ccccc3c3c4sc5ccccc5c4ccc32)c1-c1ccc(F)cc1)n1c2ccccc2c2ccccc21. The van der Waals surface area contributed by atoms with Crippen molar-refractivity contribution in [3.8, 4) is 33.6 Å². The van der Waals surface area contributed by atoms with E-state index in [0.717, 1.165) is 93.8 Å². The zero-order valence-corrected chi connectivity index (χ0v) is 42.9. The van der Waals surface area contributed by atoms with Crippen LogP contribution in [0.5, 0.6) is 0 Å². The fraction of sp³-hybridized carbons (Fsp3) is 0.0435. The van der Waals surface area contributed by atoms with Gasteiger partial charge < -0.3 is 13.7 Å². The van der Waals surface area contributed by atoms with E-state index in [1.54, 1.807) is 24.3 Å². The normalized spacial score (nSPS) is 12.5. The molecule has 5 aromatic heterocycles. The van der Waals surface area contributed by atoms with Gasteiger partial charge in [0, 0.05) is 94.8 Å². The number of thiophene rings is 2. The molecule has 0 amide bonds. The monoisotopic (exact) mass is 1020 g/mol. The summed E-state index contributed by atoms with van der Waals surface area (Å²) < 4.78 is 43.6. The van der Waals surface area contributed by atoms with E-state index in [0.29, 0.717) is 0 Å². The number of halogens is 2. The van der Waals surface area contributed by atoms with Crippen LogP contribution in [0.15, 0.2) is 224 Å². The van der Waals surface area contributed by atoms with Gasteiger partial charge >= 0.3 is 0 Å². The second-order valence-corrected chi connectivity index (χ2v) is 22.7. The van der Waals surface area contributed by atoms with Crippen molar-refractivity contribution in [3.05, 3.63) is 242 Å². The molecule has 0 unspecified atom stereocenters. The largest absolute Gasteiger partial charge is 0.331 e. The van der Waals surface area contributed by atoms with Crippen molar-refractivity contribution < 1.29 is 8.78 Å². The van der Waals surface area contributed by atoms with Crippen LogP contribution in [0.3, 0.4) is 0 Å². The van der Waals surface area contributed by atoms with E-state index in [2.05, 4.69) is 203 Å². The van der Waals surface area contributed by atoms with E-state index in [9.17, 15) is 0 Å². The van der Waals surface area contributed by atoms with Crippen molar-refractivity contribution in [2.24, 2.45) is 0 Å². The molecule has 0 saturated carbocycles. The maximum Gasteiger partial charge on any atom is 0.123 e. The summed E-state index contributed by atoms with van der Waals surface area (Å²) in [5.74, 6) is -0.628. The third-order valence-corrected chi connectivity index (χ3v) is 18.6. The van der Waals surface area contributed by atoms with Crippen molar-refractivity contribution in [2.45, 2.75) is 19.4 Å². The third kappa shape index (κ3) is 6.01. The minimum absolute atomic E-state index is 0.314. The van der Waals surface area contributed by atoms with Crippen molar-refractivity contribution in [3.63, 3.8) is 0 Å². The fourth-order valence-corrected chi connectivity index (χ4v) is 15.6. The number of para-hydroxylation sites is 4. The highest BCUT2D eigenvalue weighted by atomic mass is 32.1. The van der Waals surface area contributed by atoms with E-state index in [1.807, 2.05) is 46.9 Å². The zero-order valence-electron chi connectivity index (χ0n) is 41.3. The summed E-state index contributed by atoms with van der Waals surface area (Å²) in [7, 11) is 0. The van der Waals surface area contributed by atoms with E-state index in [1.165, 1.54) is 51.1 Å². The molecular formula is C69H43F2N3S2. The molecule has 0 fully saturated rings. The Labute approximate surface area is 442 Å². The van der Waals surface area contributed by atoms with Crippen LogP contribution in [0.4, 0.5) is 8.78 Å². The highest BCUT2D eigenvalue weighted by Gasteiger charge is 2.37. The van der Waals surface area contributed by atoms with Crippen molar-refractivity contribution in [2.75, 3.05) is 0 Å². The molecule has 5 heterocycles. The number of hydrogen-bond acceptors (Lipinski definition) is 2. The smallest absolute Gasteiger partial charge is 0.123 e. The first kappa shape index (κ1) is 43.5. The lowest BCUT2D eigenvalue weighted by Crippen LogP contribution is -2.30. The van der Waals surface area contributed by atoms with Gasteiger partial charge in [-0.05, 0) is 109 Å². The van der Waals surface area contributed by atoms with Gasteiger partial charge in [0.1, 0.15) is 11.6 Å². The average Bonchev–Trinajstić information content (AvgIpc) is 4.28. The fourth-order valence-electron chi connectivity index (χ4n) is 13.1. The van der Waals surface area contributed by atoms with Crippen LogP contribution in [-0.2, 0) is 5.54 Å². The molecule has 0 N–H and O–H groups in total. The summed E-state index contributed by atoms with van der Waals surface area (Å²) in [6.07, 6.45) is 0. The van der Waals surface area contributed by atoms with Gasteiger partial charge in [-0.15, -0.1) is 22.7 Å². The topological polar surface area (TPSA) is 14.8 Å². The Hall–Kier alpha value is -8.88. The molecule has 0 aliphatic rings. The van der Waals surface area contributed by atoms with Crippen molar-refractivity contribution >= 4 is 128 Å². The molecule has 3 nitrogen and oxygen atoms in total. The van der Waals surface area contributed by atoms with Crippen LogP contribution in [0, 0.1) is 11.6 Å². The van der Waals surface area contributed by atoms with Crippen LogP contribution in [0.1, 0.15) is 19.4 Å². The maximum absolute atomic E-state index is 15.6. The van der Waals surface area contributed by atoms with E-state index in [4.69, 9.17) is 0 Å². The van der Waals surface area contributed by atoms with Gasteiger partial charge in [-0.25, -0.2) is 8.78 Å². The molecule has 0 bridgehead atoms. The molecule has 0 atom stereocenters. The molecule has 0 aliphatic heterocycles. The van der Waals surface area contributed by atoms with Gasteiger partial charge in [0.15, 0.2) is 0 Å². The van der Waals surface area contributed by atoms with Crippen LogP contribution in [0.25, 0.3) is 139 Å². The summed E-state index contributed by atoms with van der Waals surface area (Å²) in [5.41, 5.74) is 12.1. The summed E-state index contributed by atoms with van der Waals surface area (Å²) >= 11 is 3.68. The molecule has 0 saturated heterocycles. The summed E-state index contributed by atoms with van der Waals surface area (Å²) in [4.78, 5) is 0. The minimum atomic E-state index is -0.865. The average molecular weight is 1020 g/mol. The van der Waals surface area contributed by atoms with Crippen molar-refractivity contribution in [1.82, 2.24) is 13.7 Å². The first-order valence-corrected chi connectivity index (χ1v) is 27.3. The zero-order chi connectivity index (χ0) is 50.6. The number of hydrogen-bond donors (Lipinski definition) is 0. The Bertz CT molecular complexity index is 4790. The first-order valence-electron chi connectivity index (χ1n) is 25.7. The van der Waals surface area contributed by atoms with Crippen LogP contribution < -0.4 is 0 Å². The highest BCUT2D eigenvalue weighted by Crippen LogP contribution is 2.54. The molecule has 0 radical (unpaired) electrons. The number of rotatable bonds is 6. The number of benzene rings is 11. The summed E-state index contributed by atoms with van der Waals surface area (Å²) in [6.45, 7) is 4.65. The number of aromatic nitrogens is 3. The molecule has 16 aromatic rings. The van der Waals surface area contributed by atoms with Gasteiger partial charge in [-0.1, -0.05) is 146 Å². The number of fused-ring (bicyclic) bond motifs is 17. The molecule has 16 rings (SSSR count). The third-order valence-electron chi connectivity index (χ3n) is 16.1. The Morgan fingerprint density at radius 1 is 0.342 bits per heavy atom. The molecular weight excluding hydrogens is 973 g/mol. The Morgan fingerprint density at radius 2 is 0.711 bits per heavy atom. The van der Waals surface area contributed by atoms with E-state index < -0.39 is 5.54 Å². The van der Waals surface area contributed by atoms with E-state index in [-0.39, 0.29) is 11.6 Å². The summed E-state index contributed by atoms with van der Waals surface area (Å²) in [5, 5.41) is 11.9. The standard InChI is InChI=1S/C69H43F2N3S2/c1-69(2,74-54-23-11-3-15-44(54)45-16-4-12-24-55(45)74)66-62(40-27-31-42(70)32-28-40)58(72-52-21-9-5-19-50(52)64-56(72)37-35-48-46-17-7-13-25-60(46)75-67(48)64)39-59(63(66)41-29-33-43(71)34-30-41)73-53-22-10-6-20-51(53)65-57(73)38-36-49-47-18-8-14-26-61(47)76-68(49)65/h3-39H,1-2H3. The molecule has 7 heteroatoms. The quantitative estimate of drug-likeness (QED) is 0.158. The second-order valence-electron chi connectivity index (χ2n) is 20.6. The Kier molecular flexibility index (Phi) is 9.20. The first-order chi connectivity index (χ1) is 37.3. The molecule has 0 spiro atoms. The highest BCUT2D eigenvalue weighted by molar-refractivity contribution is 7.27. The van der Waals surface area contributed by atoms with Crippen molar-refractivity contribution in [1.29, 1.82) is 0 Å². The lowest BCUT2D eigenvalue weighted by atomic mass is 9.79. The van der Waals surface area contributed by atoms with Gasteiger partial charge in [0.05, 0.1) is 39.0 Å². The molecule has 76 heavy (non-hydrogen) atoms. The second kappa shape index (κ2) is 16.1. The lowest BCUT2D eigenvalue weighted by molar-refractivity contribution is 0.467. The van der Waals surface area contributed by atoms with E-state index >= 15 is 8.78 Å². The minimum Gasteiger partial charge on any atom is -0.331 e. The Morgan fingerprint density at radius 3 is 1.14 bits per heavy atom. The molecule has 11 aromatic carbocycles. The van der Waals surface area contributed by atoms with Gasteiger partial charge in [-0.3, -0.25) is 0 Å². The van der Waals surface area contributed by atoms with Gasteiger partial charge in [-0.2, -0.15) is 0 Å². The van der Waals surface area contributed by atoms with Gasteiger partial charge in [0.25, 0.3) is 0 Å². The molecule has 360 valence electrons. The lowest BCUT2D eigenvalue weighted by Gasteiger charge is -2.37. The van der Waals surface area contributed by atoms with Crippen LogP contribution in [-0.4, -0.2) is 13.7 Å². The maximum atomic E-state index is 15.6. The predicted molar refractivity (Wildman–Crippen MR) is 320 cm³/mol. The summed E-state index contributed by atoms with van der Waals surface area (Å²) in [6, 6.07) is 78.0. The number of nitrogens with zero attached hydrogens (tertiary/aromatic N) is 3. The van der Waals surface area contributed by atoms with Crippen LogP contribution in [0.2, 0.25) is 0 Å². The predicted octanol–water partition coefficient (Wildman–Crippen LogP) is 20.1. The Balaban J connectivity index is 1.17.